The number of esters is 2. The van der Waals surface area contributed by atoms with Gasteiger partial charge >= 0.3 is 11.9 Å². The average Bonchev–Trinajstić information content (AvgIpc) is 2.10. The van der Waals surface area contributed by atoms with E-state index in [1.165, 1.54) is 7.11 Å². The highest BCUT2D eigenvalue weighted by Crippen LogP contribution is 2.37. The zero-order valence-electron chi connectivity index (χ0n) is 7.55. The smallest absolute Gasteiger partial charge is 0.313 e. The Bertz CT molecular complexity index is 223. The molecule has 0 spiro atoms. The maximum atomic E-state index is 11.1. The number of hydrogen-bond acceptors (Lipinski definition) is 4. The number of methoxy groups -OCH3 is 2. The highest BCUT2D eigenvalue weighted by atomic mass is 35.6. The van der Waals surface area contributed by atoms with Gasteiger partial charge in [0.05, 0.1) is 20.6 Å². The lowest BCUT2D eigenvalue weighted by molar-refractivity contribution is -0.151. The van der Waals surface area contributed by atoms with Crippen LogP contribution < -0.4 is 0 Å². The normalized spacial score (nSPS) is 13.2. The summed E-state index contributed by atoms with van der Waals surface area (Å²) in [5, 5.41) is 0. The largest absolute Gasteiger partial charge is 0.469 e. The Morgan fingerprint density at radius 3 is 2.00 bits per heavy atom. The minimum atomic E-state index is -1.89. The van der Waals surface area contributed by atoms with Gasteiger partial charge in [-0.25, -0.2) is 0 Å². The van der Waals surface area contributed by atoms with Crippen LogP contribution in [0.25, 0.3) is 0 Å². The fourth-order valence-electron chi connectivity index (χ4n) is 0.725. The molecule has 14 heavy (non-hydrogen) atoms. The first kappa shape index (κ1) is 13.8. The molecule has 0 fully saturated rings. The molecular weight excluding hydrogens is 254 g/mol. The topological polar surface area (TPSA) is 52.6 Å². The third-order valence-electron chi connectivity index (χ3n) is 1.48. The van der Waals surface area contributed by atoms with Gasteiger partial charge in [-0.2, -0.15) is 0 Å². The molecule has 0 radical (unpaired) electrons. The number of halogens is 3. The highest BCUT2D eigenvalue weighted by Gasteiger charge is 2.41. The van der Waals surface area contributed by atoms with Crippen LogP contribution in [0.3, 0.4) is 0 Å². The van der Waals surface area contributed by atoms with E-state index < -0.39 is 21.6 Å². The lowest BCUT2D eigenvalue weighted by Crippen LogP contribution is -2.31. The summed E-state index contributed by atoms with van der Waals surface area (Å²) in [5.41, 5.74) is 0. The van der Waals surface area contributed by atoms with E-state index in [2.05, 4.69) is 9.47 Å². The second-order valence-corrected chi connectivity index (χ2v) is 4.77. The molecule has 7 heteroatoms. The number of rotatable bonds is 3. The molecule has 0 bridgehead atoms. The van der Waals surface area contributed by atoms with Crippen molar-refractivity contribution in [1.29, 1.82) is 0 Å². The van der Waals surface area contributed by atoms with E-state index >= 15 is 0 Å². The molecule has 0 aliphatic carbocycles. The molecule has 0 aromatic rings. The third-order valence-corrected chi connectivity index (χ3v) is 2.27. The quantitative estimate of drug-likeness (QED) is 0.574. The van der Waals surface area contributed by atoms with Crippen molar-refractivity contribution in [3.8, 4) is 0 Å². The van der Waals surface area contributed by atoms with Crippen LogP contribution in [0, 0.1) is 5.92 Å². The molecule has 82 valence electrons. The van der Waals surface area contributed by atoms with Gasteiger partial charge in [-0.3, -0.25) is 9.59 Å². The van der Waals surface area contributed by atoms with Gasteiger partial charge < -0.3 is 9.47 Å². The van der Waals surface area contributed by atoms with Gasteiger partial charge in [-0.05, 0) is 0 Å². The Labute approximate surface area is 96.4 Å². The fourth-order valence-corrected chi connectivity index (χ4v) is 1.22. The molecule has 4 nitrogen and oxygen atoms in total. The average molecular weight is 264 g/mol. The lowest BCUT2D eigenvalue weighted by Gasteiger charge is -2.20. The van der Waals surface area contributed by atoms with Crippen LogP contribution in [0.2, 0.25) is 0 Å². The van der Waals surface area contributed by atoms with Crippen LogP contribution in [-0.2, 0) is 19.1 Å². The summed E-state index contributed by atoms with van der Waals surface area (Å²) in [5.74, 6) is -2.58. The molecule has 0 saturated carbocycles. The van der Waals surface area contributed by atoms with Crippen LogP contribution in [0.15, 0.2) is 0 Å². The SMILES string of the molecule is COC(=O)CC(C(=O)OC)C(Cl)(Cl)Cl. The van der Waals surface area contributed by atoms with Gasteiger partial charge in [0.25, 0.3) is 0 Å². The van der Waals surface area contributed by atoms with E-state index in [0.29, 0.717) is 0 Å². The minimum absolute atomic E-state index is 0.334. The van der Waals surface area contributed by atoms with E-state index in [9.17, 15) is 9.59 Å². The Balaban J connectivity index is 4.58. The van der Waals surface area contributed by atoms with Gasteiger partial charge in [0.1, 0.15) is 5.92 Å². The summed E-state index contributed by atoms with van der Waals surface area (Å²) >= 11 is 16.5. The molecular formula is C7H9Cl3O4. The molecule has 0 N–H and O–H groups in total. The zero-order valence-corrected chi connectivity index (χ0v) is 9.82. The maximum Gasteiger partial charge on any atom is 0.313 e. The molecule has 0 aromatic heterocycles. The van der Waals surface area contributed by atoms with Crippen LogP contribution in [-0.4, -0.2) is 30.0 Å². The van der Waals surface area contributed by atoms with Crippen LogP contribution in [0.4, 0.5) is 0 Å². The van der Waals surface area contributed by atoms with Crippen LogP contribution in [0.1, 0.15) is 6.42 Å². The lowest BCUT2D eigenvalue weighted by atomic mass is 10.1. The number of hydrogen-bond donors (Lipinski definition) is 0. The predicted octanol–water partition coefficient (Wildman–Crippen LogP) is 1.71. The van der Waals surface area contributed by atoms with Gasteiger partial charge in [0.15, 0.2) is 0 Å². The van der Waals surface area contributed by atoms with Crippen molar-refractivity contribution in [3.63, 3.8) is 0 Å². The number of alkyl halides is 3. The standard InChI is InChI=1S/C7H9Cl3O4/c1-13-5(11)3-4(6(12)14-2)7(8,9)10/h4H,3H2,1-2H3. The van der Waals surface area contributed by atoms with E-state index in [-0.39, 0.29) is 6.42 Å². The van der Waals surface area contributed by atoms with Crippen LogP contribution >= 0.6 is 34.8 Å². The van der Waals surface area contributed by atoms with E-state index in [1.807, 2.05) is 0 Å². The van der Waals surface area contributed by atoms with Crippen molar-refractivity contribution >= 4 is 46.7 Å². The summed E-state index contributed by atoms with van der Waals surface area (Å²) in [6.45, 7) is 0. The molecule has 0 heterocycles. The first-order valence-electron chi connectivity index (χ1n) is 3.54. The van der Waals surface area contributed by atoms with Gasteiger partial charge in [-0.1, -0.05) is 34.8 Å². The summed E-state index contributed by atoms with van der Waals surface area (Å²) in [6.07, 6.45) is -0.334. The van der Waals surface area contributed by atoms with Crippen molar-refractivity contribution in [2.24, 2.45) is 5.92 Å². The minimum Gasteiger partial charge on any atom is -0.469 e. The van der Waals surface area contributed by atoms with E-state index in [4.69, 9.17) is 34.8 Å². The van der Waals surface area contributed by atoms with Crippen molar-refractivity contribution in [3.05, 3.63) is 0 Å². The maximum absolute atomic E-state index is 11.1. The molecule has 1 unspecified atom stereocenters. The Morgan fingerprint density at radius 1 is 1.21 bits per heavy atom. The second-order valence-electron chi connectivity index (χ2n) is 2.40. The molecule has 0 aromatic carbocycles. The van der Waals surface area contributed by atoms with Crippen molar-refractivity contribution in [1.82, 2.24) is 0 Å². The van der Waals surface area contributed by atoms with Crippen molar-refractivity contribution in [2.45, 2.75) is 10.2 Å². The van der Waals surface area contributed by atoms with Gasteiger partial charge in [0.2, 0.25) is 3.79 Å². The van der Waals surface area contributed by atoms with Gasteiger partial charge in [-0.15, -0.1) is 0 Å². The molecule has 0 aliphatic heterocycles. The number of carbonyl (C=O) groups is 2. The fraction of sp³-hybridized carbons (Fsp3) is 0.714. The van der Waals surface area contributed by atoms with Gasteiger partial charge in [0, 0.05) is 0 Å². The number of ether oxygens (including phenoxy) is 2. The zero-order chi connectivity index (χ0) is 11.4. The van der Waals surface area contributed by atoms with Crippen molar-refractivity contribution in [2.75, 3.05) is 14.2 Å². The Hall–Kier alpha value is -0.190. The first-order chi connectivity index (χ1) is 6.32. The van der Waals surface area contributed by atoms with Crippen LogP contribution in [0.5, 0.6) is 0 Å². The summed E-state index contributed by atoms with van der Waals surface area (Å²) in [6, 6.07) is 0. The third kappa shape index (κ3) is 4.35. The number of carbonyl (C=O) groups excluding carboxylic acids is 2. The molecule has 0 rings (SSSR count). The molecule has 0 saturated heterocycles. The summed E-state index contributed by atoms with van der Waals surface area (Å²) in [7, 11) is 2.32. The molecule has 0 aliphatic rings. The first-order valence-corrected chi connectivity index (χ1v) is 4.67. The second kappa shape index (κ2) is 5.63. The van der Waals surface area contributed by atoms with E-state index in [1.54, 1.807) is 0 Å². The Kier molecular flexibility index (Phi) is 5.56. The summed E-state index contributed by atoms with van der Waals surface area (Å²) in [4.78, 5) is 22.0. The summed E-state index contributed by atoms with van der Waals surface area (Å²) < 4.78 is 6.84. The molecule has 1 atom stereocenters. The highest BCUT2D eigenvalue weighted by molar-refractivity contribution is 6.68. The predicted molar refractivity (Wildman–Crippen MR) is 52.4 cm³/mol. The van der Waals surface area contributed by atoms with Crippen molar-refractivity contribution < 1.29 is 19.1 Å². The Morgan fingerprint density at radius 2 is 1.71 bits per heavy atom. The molecule has 0 amide bonds. The van der Waals surface area contributed by atoms with E-state index in [0.717, 1.165) is 7.11 Å². The monoisotopic (exact) mass is 262 g/mol.